The molecule has 8 nitrogen and oxygen atoms in total. The van der Waals surface area contributed by atoms with Crippen LogP contribution in [-0.4, -0.2) is 72.8 Å². The smallest absolute Gasteiger partial charge is 0.338 e. The zero-order chi connectivity index (χ0) is 28.0. The zero-order valence-electron chi connectivity index (χ0n) is 22.3. The first-order chi connectivity index (χ1) is 18.2. The second-order valence-corrected chi connectivity index (χ2v) is 11.3. The average molecular weight is 597 g/mol. The Morgan fingerprint density at radius 2 is 1.45 bits per heavy atom. The van der Waals surface area contributed by atoms with Gasteiger partial charge in [-0.25, -0.2) is 4.79 Å². The molecule has 0 aliphatic carbocycles. The second kappa shape index (κ2) is 17.5. The van der Waals surface area contributed by atoms with Crippen LogP contribution in [0.3, 0.4) is 0 Å². The third-order valence-corrected chi connectivity index (χ3v) is 6.39. The van der Waals surface area contributed by atoms with Crippen molar-refractivity contribution in [2.24, 2.45) is 0 Å². The van der Waals surface area contributed by atoms with Gasteiger partial charge in [0.15, 0.2) is 6.10 Å². The van der Waals surface area contributed by atoms with E-state index in [-0.39, 0.29) is 6.61 Å². The minimum Gasteiger partial charge on any atom is -0.449 e. The number of carbonyl (C=O) groups excluding carboxylic acids is 1. The minimum atomic E-state index is -2.14. The molecule has 1 saturated heterocycles. The highest BCUT2D eigenvalue weighted by molar-refractivity contribution is 6.76. The number of unbranched alkanes of at least 4 members (excludes halogenated alkanes) is 3. The van der Waals surface area contributed by atoms with Crippen molar-refractivity contribution < 1.29 is 33.2 Å². The van der Waals surface area contributed by atoms with Crippen LogP contribution < -0.4 is 0 Å². The molecule has 1 fully saturated rings. The molecule has 5 atom stereocenters. The van der Waals surface area contributed by atoms with Gasteiger partial charge in [0, 0.05) is 19.8 Å². The maximum atomic E-state index is 13.1. The van der Waals surface area contributed by atoms with Gasteiger partial charge in [-0.2, -0.15) is 0 Å². The summed E-state index contributed by atoms with van der Waals surface area (Å²) in [7, 11) is 0. The highest BCUT2D eigenvalue weighted by Gasteiger charge is 2.52. The number of hydrogen-bond acceptors (Lipinski definition) is 8. The predicted molar refractivity (Wildman–Crippen MR) is 148 cm³/mol. The van der Waals surface area contributed by atoms with E-state index in [0.29, 0.717) is 25.4 Å². The van der Waals surface area contributed by atoms with Crippen LogP contribution in [0.25, 0.3) is 0 Å². The Morgan fingerprint density at radius 3 is 2.03 bits per heavy atom. The van der Waals surface area contributed by atoms with E-state index in [1.165, 1.54) is 0 Å². The SMILES string of the molecule is CCCCOCC1O[C@@H](OC(=N)C(Cl)(Cl)Cl)C(OC(=O)c2ccccc2)C(OCCCC)[C@@H]1OCCCC. The molecule has 2 rings (SSSR count). The van der Waals surface area contributed by atoms with E-state index in [0.717, 1.165) is 38.5 Å². The van der Waals surface area contributed by atoms with Gasteiger partial charge in [0.1, 0.15) is 18.3 Å². The lowest BCUT2D eigenvalue weighted by molar-refractivity contribution is -0.298. The van der Waals surface area contributed by atoms with E-state index in [1.54, 1.807) is 30.3 Å². The molecule has 1 aliphatic rings. The first-order valence-corrected chi connectivity index (χ1v) is 14.4. The Morgan fingerprint density at radius 1 is 0.868 bits per heavy atom. The monoisotopic (exact) mass is 595 g/mol. The van der Waals surface area contributed by atoms with Crippen LogP contribution in [0.15, 0.2) is 30.3 Å². The summed E-state index contributed by atoms with van der Waals surface area (Å²) in [4.78, 5) is 13.1. The van der Waals surface area contributed by atoms with Gasteiger partial charge in [0.25, 0.3) is 3.79 Å². The van der Waals surface area contributed by atoms with Gasteiger partial charge < -0.3 is 28.4 Å². The van der Waals surface area contributed by atoms with Crippen LogP contribution >= 0.6 is 34.8 Å². The van der Waals surface area contributed by atoms with Crippen molar-refractivity contribution in [2.75, 3.05) is 26.4 Å². The van der Waals surface area contributed by atoms with Gasteiger partial charge in [-0.15, -0.1) is 0 Å². The number of benzene rings is 1. The Balaban J connectivity index is 2.42. The Kier molecular flexibility index (Phi) is 15.3. The molecule has 0 saturated carbocycles. The molecule has 38 heavy (non-hydrogen) atoms. The molecule has 216 valence electrons. The number of esters is 1. The van der Waals surface area contributed by atoms with Crippen molar-refractivity contribution >= 4 is 46.7 Å². The second-order valence-electron chi connectivity index (χ2n) is 9.03. The van der Waals surface area contributed by atoms with Gasteiger partial charge in [-0.05, 0) is 31.4 Å². The highest BCUT2D eigenvalue weighted by atomic mass is 35.6. The Hall–Kier alpha value is -1.13. The summed E-state index contributed by atoms with van der Waals surface area (Å²) in [5.41, 5.74) is 0.337. The van der Waals surface area contributed by atoms with Crippen LogP contribution in [0.2, 0.25) is 0 Å². The Bertz CT molecular complexity index is 825. The fourth-order valence-corrected chi connectivity index (χ4v) is 3.88. The summed E-state index contributed by atoms with van der Waals surface area (Å²) in [6, 6.07) is 8.54. The van der Waals surface area contributed by atoms with E-state index in [4.69, 9.17) is 68.6 Å². The van der Waals surface area contributed by atoms with Crippen LogP contribution in [-0.2, 0) is 28.4 Å². The summed E-state index contributed by atoms with van der Waals surface area (Å²) in [6.45, 7) is 7.77. The summed E-state index contributed by atoms with van der Waals surface area (Å²) in [6.07, 6.45) is 0.839. The lowest BCUT2D eigenvalue weighted by Crippen LogP contribution is -2.63. The highest BCUT2D eigenvalue weighted by Crippen LogP contribution is 2.34. The van der Waals surface area contributed by atoms with E-state index < -0.39 is 46.4 Å². The van der Waals surface area contributed by atoms with E-state index in [9.17, 15) is 4.79 Å². The molecule has 11 heteroatoms. The van der Waals surface area contributed by atoms with Crippen LogP contribution in [0, 0.1) is 5.41 Å². The number of ether oxygens (including phenoxy) is 6. The molecule has 0 amide bonds. The molecule has 0 bridgehead atoms. The number of nitrogens with one attached hydrogen (secondary N) is 1. The molecule has 3 unspecified atom stereocenters. The zero-order valence-corrected chi connectivity index (χ0v) is 24.6. The summed E-state index contributed by atoms with van der Waals surface area (Å²) < 4.78 is 34.1. The quantitative estimate of drug-likeness (QED) is 0.0766. The third kappa shape index (κ3) is 10.8. The summed E-state index contributed by atoms with van der Waals surface area (Å²) in [5.74, 6) is -1.28. The maximum Gasteiger partial charge on any atom is 0.338 e. The molecule has 1 aliphatic heterocycles. The van der Waals surface area contributed by atoms with E-state index in [2.05, 4.69) is 13.8 Å². The van der Waals surface area contributed by atoms with Crippen molar-refractivity contribution in [3.05, 3.63) is 35.9 Å². The number of halogens is 3. The normalized spacial score (nSPS) is 23.7. The van der Waals surface area contributed by atoms with Crippen molar-refractivity contribution in [3.8, 4) is 0 Å². The topological polar surface area (TPSA) is 96.3 Å². The third-order valence-electron chi connectivity index (χ3n) is 5.88. The van der Waals surface area contributed by atoms with Crippen LogP contribution in [0.1, 0.15) is 69.7 Å². The molecule has 1 N–H and O–H groups in total. The number of hydrogen-bond donors (Lipinski definition) is 1. The Labute approximate surface area is 241 Å². The van der Waals surface area contributed by atoms with E-state index in [1.807, 2.05) is 6.92 Å². The number of alkyl halides is 3. The molecule has 1 aromatic rings. The first kappa shape index (κ1) is 33.1. The number of carbonyl (C=O) groups is 1. The molecule has 1 heterocycles. The maximum absolute atomic E-state index is 13.1. The first-order valence-electron chi connectivity index (χ1n) is 13.3. The molecular formula is C27H40Cl3NO7. The van der Waals surface area contributed by atoms with E-state index >= 15 is 0 Å². The summed E-state index contributed by atoms with van der Waals surface area (Å²) in [5, 5.41) is 8.15. The summed E-state index contributed by atoms with van der Waals surface area (Å²) >= 11 is 17.7. The van der Waals surface area contributed by atoms with Crippen LogP contribution in [0.5, 0.6) is 0 Å². The van der Waals surface area contributed by atoms with Crippen molar-refractivity contribution in [1.82, 2.24) is 0 Å². The predicted octanol–water partition coefficient (Wildman–Crippen LogP) is 6.49. The van der Waals surface area contributed by atoms with Gasteiger partial charge >= 0.3 is 5.97 Å². The van der Waals surface area contributed by atoms with Gasteiger partial charge in [0.05, 0.1) is 12.2 Å². The minimum absolute atomic E-state index is 0.185. The fraction of sp³-hybridized carbons (Fsp3) is 0.704. The number of rotatable bonds is 16. The van der Waals surface area contributed by atoms with Crippen LogP contribution in [0.4, 0.5) is 0 Å². The van der Waals surface area contributed by atoms with Gasteiger partial charge in [-0.1, -0.05) is 93.0 Å². The largest absolute Gasteiger partial charge is 0.449 e. The van der Waals surface area contributed by atoms with Gasteiger partial charge in [-0.3, -0.25) is 5.41 Å². The molecular weight excluding hydrogens is 557 g/mol. The van der Waals surface area contributed by atoms with Gasteiger partial charge in [0.2, 0.25) is 12.2 Å². The average Bonchev–Trinajstić information content (AvgIpc) is 2.89. The molecule has 0 aromatic heterocycles. The van der Waals surface area contributed by atoms with Crippen molar-refractivity contribution in [2.45, 2.75) is 93.8 Å². The van der Waals surface area contributed by atoms with Crippen molar-refractivity contribution in [3.63, 3.8) is 0 Å². The molecule has 1 aromatic carbocycles. The fourth-order valence-electron chi connectivity index (χ4n) is 3.75. The lowest BCUT2D eigenvalue weighted by Gasteiger charge is -2.45. The standard InChI is InChI=1S/C27H40Cl3NO7/c1-4-7-15-33-18-20-21(34-16-8-5-2)22(35-17-9-6-3)23(25(36-20)38-26(31)27(28,29)30)37-24(32)19-13-11-10-12-14-19/h10-14,20-23,25,31H,4-9,15-18H2,1-3H3/t20?,21-,22?,23?,25+/m1/s1. The molecule has 0 radical (unpaired) electrons. The lowest BCUT2D eigenvalue weighted by atomic mass is 9.98. The van der Waals surface area contributed by atoms with Crippen molar-refractivity contribution in [1.29, 1.82) is 5.41 Å². The molecule has 0 spiro atoms.